The van der Waals surface area contributed by atoms with Crippen LogP contribution in [0.2, 0.25) is 0 Å². The lowest BCUT2D eigenvalue weighted by atomic mass is 10.1. The van der Waals surface area contributed by atoms with Gasteiger partial charge in [-0.2, -0.15) is 0 Å². The lowest BCUT2D eigenvalue weighted by Crippen LogP contribution is -2.44. The number of rotatable bonds is 5. The van der Waals surface area contributed by atoms with Crippen LogP contribution in [0, 0.1) is 6.92 Å². The van der Waals surface area contributed by atoms with Gasteiger partial charge in [-0.25, -0.2) is 4.79 Å². The fourth-order valence-corrected chi connectivity index (χ4v) is 2.91. The van der Waals surface area contributed by atoms with Gasteiger partial charge in [0.25, 0.3) is 0 Å². The van der Waals surface area contributed by atoms with E-state index < -0.39 is 0 Å². The molecule has 1 aliphatic heterocycles. The largest absolute Gasteiger partial charge is 0.459 e. The zero-order valence-electron chi connectivity index (χ0n) is 14.0. The molecule has 126 valence electrons. The Morgan fingerprint density at radius 1 is 1.17 bits per heavy atom. The maximum atomic E-state index is 12.2. The average molecular weight is 325 g/mol. The number of carbonyl (C=O) groups excluding carboxylic acids is 1. The number of carbonyl (C=O) groups is 1. The van der Waals surface area contributed by atoms with Crippen LogP contribution in [0.25, 0.3) is 0 Å². The van der Waals surface area contributed by atoms with Crippen LogP contribution in [0.15, 0.2) is 54.6 Å². The first kappa shape index (κ1) is 16.7. The highest BCUT2D eigenvalue weighted by Crippen LogP contribution is 2.13. The van der Waals surface area contributed by atoms with E-state index in [0.29, 0.717) is 18.8 Å². The second kappa shape index (κ2) is 8.08. The number of morpholine rings is 1. The Balaban J connectivity index is 1.50. The van der Waals surface area contributed by atoms with Gasteiger partial charge in [0.2, 0.25) is 0 Å². The molecule has 4 heteroatoms. The van der Waals surface area contributed by atoms with Crippen LogP contribution in [0.1, 0.15) is 21.5 Å². The third-order valence-corrected chi connectivity index (χ3v) is 4.24. The van der Waals surface area contributed by atoms with E-state index in [-0.39, 0.29) is 12.1 Å². The minimum atomic E-state index is -0.281. The normalized spacial score (nSPS) is 18.3. The van der Waals surface area contributed by atoms with Gasteiger partial charge in [0.05, 0.1) is 12.2 Å². The molecule has 0 bridgehead atoms. The standard InChI is InChI=1S/C20H23NO3/c1-16-7-5-6-10-19(16)20(22)24-15-18-14-21(11-12-23-18)13-17-8-3-2-4-9-17/h2-10,18H,11-15H2,1H3. The van der Waals surface area contributed by atoms with E-state index in [4.69, 9.17) is 9.47 Å². The van der Waals surface area contributed by atoms with E-state index >= 15 is 0 Å². The Hall–Kier alpha value is -2.17. The van der Waals surface area contributed by atoms with Crippen LogP contribution in [0.4, 0.5) is 0 Å². The van der Waals surface area contributed by atoms with E-state index in [9.17, 15) is 4.79 Å². The van der Waals surface area contributed by atoms with E-state index in [2.05, 4.69) is 29.2 Å². The SMILES string of the molecule is Cc1ccccc1C(=O)OCC1CN(Cc2ccccc2)CCO1. The highest BCUT2D eigenvalue weighted by atomic mass is 16.6. The van der Waals surface area contributed by atoms with E-state index in [1.165, 1.54) is 5.56 Å². The van der Waals surface area contributed by atoms with Crippen molar-refractivity contribution in [2.75, 3.05) is 26.3 Å². The summed E-state index contributed by atoms with van der Waals surface area (Å²) in [6.07, 6.45) is -0.0737. The predicted molar refractivity (Wildman–Crippen MR) is 92.9 cm³/mol. The van der Waals surface area contributed by atoms with Crippen molar-refractivity contribution in [2.24, 2.45) is 0 Å². The molecule has 1 aliphatic rings. The molecular formula is C20H23NO3. The van der Waals surface area contributed by atoms with Crippen molar-refractivity contribution in [3.05, 3.63) is 71.3 Å². The summed E-state index contributed by atoms with van der Waals surface area (Å²) in [5.74, 6) is -0.281. The molecule has 1 atom stereocenters. The first-order valence-corrected chi connectivity index (χ1v) is 8.33. The molecule has 4 nitrogen and oxygen atoms in total. The maximum absolute atomic E-state index is 12.2. The van der Waals surface area contributed by atoms with Crippen LogP contribution in [-0.2, 0) is 16.0 Å². The molecule has 0 aromatic heterocycles. The molecule has 0 N–H and O–H groups in total. The molecule has 1 heterocycles. The Bertz CT molecular complexity index is 672. The second-order valence-corrected chi connectivity index (χ2v) is 6.13. The fraction of sp³-hybridized carbons (Fsp3) is 0.350. The predicted octanol–water partition coefficient (Wildman–Crippen LogP) is 3.05. The van der Waals surface area contributed by atoms with Crippen molar-refractivity contribution in [1.29, 1.82) is 0 Å². The van der Waals surface area contributed by atoms with Gasteiger partial charge >= 0.3 is 5.97 Å². The van der Waals surface area contributed by atoms with Gasteiger partial charge in [-0.15, -0.1) is 0 Å². The minimum Gasteiger partial charge on any atom is -0.459 e. The zero-order chi connectivity index (χ0) is 16.8. The van der Waals surface area contributed by atoms with Crippen LogP contribution >= 0.6 is 0 Å². The Kier molecular flexibility index (Phi) is 5.62. The summed E-state index contributed by atoms with van der Waals surface area (Å²) in [4.78, 5) is 14.5. The minimum absolute atomic E-state index is 0.0737. The Morgan fingerprint density at radius 2 is 1.92 bits per heavy atom. The molecule has 0 spiro atoms. The molecule has 1 saturated heterocycles. The average Bonchev–Trinajstić information content (AvgIpc) is 2.61. The van der Waals surface area contributed by atoms with Crippen LogP contribution in [0.3, 0.4) is 0 Å². The smallest absolute Gasteiger partial charge is 0.338 e. The summed E-state index contributed by atoms with van der Waals surface area (Å²) in [7, 11) is 0. The lowest BCUT2D eigenvalue weighted by Gasteiger charge is -2.32. The summed E-state index contributed by atoms with van der Waals surface area (Å²) >= 11 is 0. The molecule has 3 rings (SSSR count). The second-order valence-electron chi connectivity index (χ2n) is 6.13. The number of esters is 1. The van der Waals surface area contributed by atoms with Crippen molar-refractivity contribution in [3.63, 3.8) is 0 Å². The highest BCUT2D eigenvalue weighted by Gasteiger charge is 2.22. The summed E-state index contributed by atoms with van der Waals surface area (Å²) in [6, 6.07) is 17.9. The van der Waals surface area contributed by atoms with E-state index in [1.54, 1.807) is 6.07 Å². The van der Waals surface area contributed by atoms with Gasteiger partial charge in [0.1, 0.15) is 12.7 Å². The van der Waals surface area contributed by atoms with Crippen LogP contribution in [-0.4, -0.2) is 43.3 Å². The highest BCUT2D eigenvalue weighted by molar-refractivity contribution is 5.90. The molecule has 24 heavy (non-hydrogen) atoms. The summed E-state index contributed by atoms with van der Waals surface area (Å²) in [6.45, 7) is 5.44. The van der Waals surface area contributed by atoms with Crippen molar-refractivity contribution in [1.82, 2.24) is 4.90 Å². The van der Waals surface area contributed by atoms with Crippen molar-refractivity contribution in [2.45, 2.75) is 19.6 Å². The fourth-order valence-electron chi connectivity index (χ4n) is 2.91. The topological polar surface area (TPSA) is 38.8 Å². The molecular weight excluding hydrogens is 302 g/mol. The first-order chi connectivity index (χ1) is 11.7. The zero-order valence-corrected chi connectivity index (χ0v) is 14.0. The van der Waals surface area contributed by atoms with Gasteiger partial charge < -0.3 is 9.47 Å². The summed E-state index contributed by atoms with van der Waals surface area (Å²) < 4.78 is 11.2. The molecule has 0 radical (unpaired) electrons. The number of aryl methyl sites for hydroxylation is 1. The van der Waals surface area contributed by atoms with Gasteiger partial charge in [0, 0.05) is 19.6 Å². The summed E-state index contributed by atoms with van der Waals surface area (Å²) in [5.41, 5.74) is 2.84. The molecule has 0 amide bonds. The monoisotopic (exact) mass is 325 g/mol. The molecule has 1 unspecified atom stereocenters. The molecule has 0 saturated carbocycles. The Morgan fingerprint density at radius 3 is 2.71 bits per heavy atom. The molecule has 2 aromatic rings. The van der Waals surface area contributed by atoms with E-state index in [0.717, 1.165) is 25.2 Å². The van der Waals surface area contributed by atoms with Gasteiger partial charge in [-0.05, 0) is 24.1 Å². The number of hydrogen-bond acceptors (Lipinski definition) is 4. The Labute approximate surface area is 143 Å². The van der Waals surface area contributed by atoms with Crippen LogP contribution in [0.5, 0.6) is 0 Å². The van der Waals surface area contributed by atoms with Crippen LogP contribution < -0.4 is 0 Å². The number of ether oxygens (including phenoxy) is 2. The molecule has 0 aliphatic carbocycles. The first-order valence-electron chi connectivity index (χ1n) is 8.33. The number of hydrogen-bond donors (Lipinski definition) is 0. The maximum Gasteiger partial charge on any atom is 0.338 e. The van der Waals surface area contributed by atoms with Gasteiger partial charge in [0.15, 0.2) is 0 Å². The lowest BCUT2D eigenvalue weighted by molar-refractivity contribution is -0.0612. The quantitative estimate of drug-likeness (QED) is 0.792. The van der Waals surface area contributed by atoms with Crippen molar-refractivity contribution >= 4 is 5.97 Å². The van der Waals surface area contributed by atoms with Crippen molar-refractivity contribution in [3.8, 4) is 0 Å². The van der Waals surface area contributed by atoms with E-state index in [1.807, 2.05) is 31.2 Å². The summed E-state index contributed by atoms with van der Waals surface area (Å²) in [5, 5.41) is 0. The third-order valence-electron chi connectivity index (χ3n) is 4.24. The van der Waals surface area contributed by atoms with Gasteiger partial charge in [-0.3, -0.25) is 4.90 Å². The molecule has 2 aromatic carbocycles. The third kappa shape index (κ3) is 4.43. The number of benzene rings is 2. The number of nitrogens with zero attached hydrogens (tertiary/aromatic N) is 1. The van der Waals surface area contributed by atoms with Crippen molar-refractivity contribution < 1.29 is 14.3 Å². The molecule has 1 fully saturated rings. The van der Waals surface area contributed by atoms with Gasteiger partial charge in [-0.1, -0.05) is 48.5 Å².